The molecule has 1 aromatic carbocycles. The second-order valence-corrected chi connectivity index (χ2v) is 4.34. The van der Waals surface area contributed by atoms with Gasteiger partial charge in [0.2, 0.25) is 0 Å². The summed E-state index contributed by atoms with van der Waals surface area (Å²) >= 11 is 3.08. The fourth-order valence-electron chi connectivity index (χ4n) is 1.49. The Hall–Kier alpha value is -1.49. The smallest absolute Gasteiger partial charge is 0.265 e. The van der Waals surface area contributed by atoms with Gasteiger partial charge in [0.25, 0.3) is 5.56 Å². The van der Waals surface area contributed by atoms with Crippen LogP contribution in [0.15, 0.2) is 45.8 Å². The van der Waals surface area contributed by atoms with Crippen molar-refractivity contribution in [3.63, 3.8) is 0 Å². The molecule has 0 unspecified atom stereocenters. The topological polar surface area (TPSA) is 22.0 Å². The number of pyridine rings is 1. The summed E-state index contributed by atoms with van der Waals surface area (Å²) < 4.78 is 28.4. The van der Waals surface area contributed by atoms with Gasteiger partial charge in [0, 0.05) is 11.8 Å². The third-order valence-corrected chi connectivity index (χ3v) is 2.97. The summed E-state index contributed by atoms with van der Waals surface area (Å²) in [6.45, 7) is -0.128. The molecule has 0 amide bonds. The molecular formula is C12H8BrF2NO. The quantitative estimate of drug-likeness (QED) is 0.836. The van der Waals surface area contributed by atoms with Gasteiger partial charge < -0.3 is 4.57 Å². The molecule has 5 heteroatoms. The average Bonchev–Trinajstić information content (AvgIpc) is 2.29. The predicted molar refractivity (Wildman–Crippen MR) is 63.9 cm³/mol. The first-order chi connectivity index (χ1) is 8.09. The highest BCUT2D eigenvalue weighted by atomic mass is 79.9. The summed E-state index contributed by atoms with van der Waals surface area (Å²) in [6, 6.07) is 6.83. The maximum absolute atomic E-state index is 13.4. The molecule has 0 aliphatic heterocycles. The van der Waals surface area contributed by atoms with Crippen LogP contribution in [0.5, 0.6) is 0 Å². The maximum Gasteiger partial charge on any atom is 0.265 e. The van der Waals surface area contributed by atoms with Gasteiger partial charge >= 0.3 is 0 Å². The Morgan fingerprint density at radius 3 is 2.41 bits per heavy atom. The van der Waals surface area contributed by atoms with E-state index in [1.165, 1.54) is 29.0 Å². The zero-order valence-electron chi connectivity index (χ0n) is 8.66. The van der Waals surface area contributed by atoms with Crippen LogP contribution in [0.1, 0.15) is 5.56 Å². The van der Waals surface area contributed by atoms with Crippen molar-refractivity contribution in [2.45, 2.75) is 6.54 Å². The zero-order chi connectivity index (χ0) is 12.4. The Morgan fingerprint density at radius 1 is 1.12 bits per heavy atom. The Labute approximate surface area is 105 Å². The summed E-state index contributed by atoms with van der Waals surface area (Å²) in [4.78, 5) is 11.7. The molecule has 1 aromatic heterocycles. The number of aromatic nitrogens is 1. The monoisotopic (exact) mass is 299 g/mol. The number of benzene rings is 1. The van der Waals surface area contributed by atoms with Crippen LogP contribution in [0.3, 0.4) is 0 Å². The molecule has 0 saturated heterocycles. The summed E-state index contributed by atoms with van der Waals surface area (Å²) in [5.41, 5.74) is -0.442. The summed E-state index contributed by atoms with van der Waals surface area (Å²) in [5, 5.41) is 0. The van der Waals surface area contributed by atoms with Crippen molar-refractivity contribution in [3.05, 3.63) is 68.6 Å². The van der Waals surface area contributed by atoms with E-state index in [9.17, 15) is 13.6 Å². The first kappa shape index (κ1) is 12.0. The lowest BCUT2D eigenvalue weighted by Gasteiger charge is -2.08. The van der Waals surface area contributed by atoms with Gasteiger partial charge in [-0.05, 0) is 40.2 Å². The van der Waals surface area contributed by atoms with Crippen LogP contribution in [0, 0.1) is 11.6 Å². The molecule has 0 bridgehead atoms. The highest BCUT2D eigenvalue weighted by Gasteiger charge is 2.10. The second kappa shape index (κ2) is 4.79. The fourth-order valence-corrected chi connectivity index (χ4v) is 1.87. The number of hydrogen-bond acceptors (Lipinski definition) is 1. The van der Waals surface area contributed by atoms with Crippen molar-refractivity contribution in [1.82, 2.24) is 4.57 Å². The SMILES string of the molecule is O=c1c(Br)cccn1Cc1c(F)cccc1F. The molecule has 0 saturated carbocycles. The van der Waals surface area contributed by atoms with E-state index in [2.05, 4.69) is 15.9 Å². The lowest BCUT2D eigenvalue weighted by atomic mass is 10.2. The van der Waals surface area contributed by atoms with Crippen molar-refractivity contribution >= 4 is 15.9 Å². The Kier molecular flexibility index (Phi) is 3.38. The number of nitrogens with zero attached hydrogens (tertiary/aromatic N) is 1. The number of halogens is 3. The van der Waals surface area contributed by atoms with Gasteiger partial charge in [0.05, 0.1) is 11.0 Å². The van der Waals surface area contributed by atoms with Crippen molar-refractivity contribution in [1.29, 1.82) is 0 Å². The fraction of sp³-hybridized carbons (Fsp3) is 0.0833. The van der Waals surface area contributed by atoms with Crippen LogP contribution in [-0.4, -0.2) is 4.57 Å². The van der Waals surface area contributed by atoms with Crippen LogP contribution < -0.4 is 5.56 Å². The van der Waals surface area contributed by atoms with E-state index in [1.807, 2.05) is 0 Å². The minimum atomic E-state index is -0.656. The Morgan fingerprint density at radius 2 is 1.76 bits per heavy atom. The van der Waals surface area contributed by atoms with Crippen molar-refractivity contribution in [2.75, 3.05) is 0 Å². The molecule has 0 aliphatic carbocycles. The number of hydrogen-bond donors (Lipinski definition) is 0. The molecule has 88 valence electrons. The molecule has 0 fully saturated rings. The minimum absolute atomic E-state index is 0.118. The van der Waals surface area contributed by atoms with Crippen molar-refractivity contribution < 1.29 is 8.78 Å². The molecule has 0 radical (unpaired) electrons. The van der Waals surface area contributed by atoms with Crippen LogP contribution in [-0.2, 0) is 6.54 Å². The second-order valence-electron chi connectivity index (χ2n) is 3.49. The maximum atomic E-state index is 13.4. The molecule has 17 heavy (non-hydrogen) atoms. The molecular weight excluding hydrogens is 292 g/mol. The Balaban J connectivity index is 2.45. The molecule has 2 nitrogen and oxygen atoms in total. The lowest BCUT2D eigenvalue weighted by Crippen LogP contribution is -2.21. The average molecular weight is 300 g/mol. The van der Waals surface area contributed by atoms with E-state index in [0.29, 0.717) is 4.47 Å². The van der Waals surface area contributed by atoms with E-state index in [1.54, 1.807) is 12.1 Å². The standard InChI is InChI=1S/C12H8BrF2NO/c13-9-3-2-6-16(12(9)17)7-8-10(14)4-1-5-11(8)15/h1-6H,7H2. The normalized spacial score (nSPS) is 10.5. The van der Waals surface area contributed by atoms with Crippen LogP contribution in [0.2, 0.25) is 0 Å². The van der Waals surface area contributed by atoms with Gasteiger partial charge in [0.1, 0.15) is 11.6 Å². The van der Waals surface area contributed by atoms with E-state index >= 15 is 0 Å². The number of rotatable bonds is 2. The first-order valence-corrected chi connectivity index (χ1v) is 5.67. The van der Waals surface area contributed by atoms with E-state index in [-0.39, 0.29) is 17.7 Å². The van der Waals surface area contributed by atoms with E-state index in [0.717, 1.165) is 0 Å². The van der Waals surface area contributed by atoms with E-state index in [4.69, 9.17) is 0 Å². The minimum Gasteiger partial charge on any atom is -0.310 e. The molecule has 0 aliphatic rings. The van der Waals surface area contributed by atoms with Gasteiger partial charge in [-0.25, -0.2) is 8.78 Å². The summed E-state index contributed by atoms with van der Waals surface area (Å²) in [5.74, 6) is -1.31. The molecule has 0 atom stereocenters. The molecule has 0 N–H and O–H groups in total. The first-order valence-electron chi connectivity index (χ1n) is 4.87. The van der Waals surface area contributed by atoms with Crippen molar-refractivity contribution in [3.8, 4) is 0 Å². The molecule has 0 spiro atoms. The largest absolute Gasteiger partial charge is 0.310 e. The van der Waals surface area contributed by atoms with E-state index < -0.39 is 11.6 Å². The molecule has 2 rings (SSSR count). The third kappa shape index (κ3) is 2.44. The highest BCUT2D eigenvalue weighted by molar-refractivity contribution is 9.10. The van der Waals surface area contributed by atoms with Crippen molar-refractivity contribution in [2.24, 2.45) is 0 Å². The molecule has 2 aromatic rings. The molecule has 1 heterocycles. The predicted octanol–water partition coefficient (Wildman–Crippen LogP) is 2.94. The zero-order valence-corrected chi connectivity index (χ0v) is 10.2. The lowest BCUT2D eigenvalue weighted by molar-refractivity contribution is 0.541. The Bertz CT molecular complexity index is 589. The van der Waals surface area contributed by atoms with Gasteiger partial charge in [-0.2, -0.15) is 0 Å². The third-order valence-electron chi connectivity index (χ3n) is 2.36. The van der Waals surface area contributed by atoms with Crippen LogP contribution >= 0.6 is 15.9 Å². The van der Waals surface area contributed by atoms with Crippen LogP contribution in [0.4, 0.5) is 8.78 Å². The van der Waals surface area contributed by atoms with Crippen LogP contribution in [0.25, 0.3) is 0 Å². The van der Waals surface area contributed by atoms with Gasteiger partial charge in [-0.1, -0.05) is 6.07 Å². The highest BCUT2D eigenvalue weighted by Crippen LogP contribution is 2.13. The van der Waals surface area contributed by atoms with Gasteiger partial charge in [-0.15, -0.1) is 0 Å². The summed E-state index contributed by atoms with van der Waals surface area (Å²) in [6.07, 6.45) is 1.49. The van der Waals surface area contributed by atoms with Gasteiger partial charge in [-0.3, -0.25) is 4.79 Å². The van der Waals surface area contributed by atoms with Gasteiger partial charge in [0.15, 0.2) is 0 Å². The summed E-state index contributed by atoms with van der Waals surface area (Å²) in [7, 11) is 0.